The molecule has 1 aliphatic heterocycles. The van der Waals surface area contributed by atoms with Crippen LogP contribution in [0.25, 0.3) is 6.08 Å². The van der Waals surface area contributed by atoms with Crippen molar-refractivity contribution in [1.29, 1.82) is 0 Å². The third-order valence-electron chi connectivity index (χ3n) is 5.62. The fraction of sp³-hybridized carbons (Fsp3) is 0.185. The van der Waals surface area contributed by atoms with E-state index in [0.717, 1.165) is 17.0 Å². The summed E-state index contributed by atoms with van der Waals surface area (Å²) in [5, 5.41) is 2.84. The third-order valence-corrected chi connectivity index (χ3v) is 5.62. The lowest BCUT2D eigenvalue weighted by Crippen LogP contribution is -2.50. The molecule has 33 heavy (non-hydrogen) atoms. The average Bonchev–Trinajstić information content (AvgIpc) is 2.89. The predicted octanol–water partition coefficient (Wildman–Crippen LogP) is 3.81. The second-order valence-electron chi connectivity index (χ2n) is 7.74. The fourth-order valence-electron chi connectivity index (χ4n) is 3.86. The first-order valence-corrected chi connectivity index (χ1v) is 11.0. The Morgan fingerprint density at radius 1 is 0.818 bits per heavy atom. The zero-order valence-corrected chi connectivity index (χ0v) is 18.6. The van der Waals surface area contributed by atoms with Crippen LogP contribution in [-0.4, -0.2) is 50.0 Å². The van der Waals surface area contributed by atoms with Crippen LogP contribution < -0.4 is 15.0 Å². The lowest BCUT2D eigenvalue weighted by molar-refractivity contribution is -0.127. The SMILES string of the molecule is COc1ccccc1N1CCN(C(=O)C(=Cc2ccccc2)NC(=O)c2ccccc2)CC1. The summed E-state index contributed by atoms with van der Waals surface area (Å²) < 4.78 is 5.48. The van der Waals surface area contributed by atoms with Gasteiger partial charge in [0, 0.05) is 31.7 Å². The van der Waals surface area contributed by atoms with Gasteiger partial charge in [-0.15, -0.1) is 0 Å². The number of hydrogen-bond donors (Lipinski definition) is 1. The van der Waals surface area contributed by atoms with Crippen molar-refractivity contribution < 1.29 is 14.3 Å². The minimum atomic E-state index is -0.307. The predicted molar refractivity (Wildman–Crippen MR) is 130 cm³/mol. The zero-order valence-electron chi connectivity index (χ0n) is 18.6. The van der Waals surface area contributed by atoms with Gasteiger partial charge < -0.3 is 19.9 Å². The molecule has 0 spiro atoms. The summed E-state index contributed by atoms with van der Waals surface area (Å²) in [6, 6.07) is 26.3. The second-order valence-corrected chi connectivity index (χ2v) is 7.74. The van der Waals surface area contributed by atoms with Gasteiger partial charge >= 0.3 is 0 Å². The van der Waals surface area contributed by atoms with Crippen molar-refractivity contribution >= 4 is 23.6 Å². The number of ether oxygens (including phenoxy) is 1. The largest absolute Gasteiger partial charge is 0.495 e. The first kappa shape index (κ1) is 22.1. The molecule has 4 rings (SSSR count). The molecule has 0 aliphatic carbocycles. The van der Waals surface area contributed by atoms with Gasteiger partial charge in [0.1, 0.15) is 11.4 Å². The molecule has 1 heterocycles. The second kappa shape index (κ2) is 10.5. The van der Waals surface area contributed by atoms with Gasteiger partial charge in [-0.3, -0.25) is 9.59 Å². The summed E-state index contributed by atoms with van der Waals surface area (Å²) in [6.07, 6.45) is 1.73. The van der Waals surface area contributed by atoms with E-state index in [2.05, 4.69) is 10.2 Å². The summed E-state index contributed by atoms with van der Waals surface area (Å²) in [4.78, 5) is 30.2. The van der Waals surface area contributed by atoms with Crippen molar-refractivity contribution in [3.05, 3.63) is 102 Å². The Morgan fingerprint density at radius 2 is 1.42 bits per heavy atom. The molecule has 168 valence electrons. The Morgan fingerprint density at radius 3 is 2.09 bits per heavy atom. The summed E-state index contributed by atoms with van der Waals surface area (Å²) >= 11 is 0. The normalized spacial score (nSPS) is 14.0. The van der Waals surface area contributed by atoms with Crippen molar-refractivity contribution in [2.24, 2.45) is 0 Å². The average molecular weight is 442 g/mol. The highest BCUT2D eigenvalue weighted by Gasteiger charge is 2.26. The number of hydrogen-bond acceptors (Lipinski definition) is 4. The molecule has 3 aromatic carbocycles. The van der Waals surface area contributed by atoms with Crippen LogP contribution in [0.3, 0.4) is 0 Å². The molecule has 0 radical (unpaired) electrons. The summed E-state index contributed by atoms with van der Waals surface area (Å²) in [7, 11) is 1.66. The molecule has 2 amide bonds. The van der Waals surface area contributed by atoms with E-state index >= 15 is 0 Å². The van der Waals surface area contributed by atoms with E-state index < -0.39 is 0 Å². The number of carbonyl (C=O) groups is 2. The van der Waals surface area contributed by atoms with Gasteiger partial charge in [-0.05, 0) is 35.9 Å². The minimum absolute atomic E-state index is 0.192. The van der Waals surface area contributed by atoms with Crippen LogP contribution in [0.2, 0.25) is 0 Å². The van der Waals surface area contributed by atoms with E-state index in [4.69, 9.17) is 4.74 Å². The Balaban J connectivity index is 1.51. The molecule has 0 atom stereocenters. The molecule has 6 nitrogen and oxygen atoms in total. The number of amides is 2. The molecule has 0 aromatic heterocycles. The first-order chi connectivity index (χ1) is 16.2. The molecule has 0 bridgehead atoms. The molecular weight excluding hydrogens is 414 g/mol. The number of piperazine rings is 1. The first-order valence-electron chi connectivity index (χ1n) is 11.0. The maximum absolute atomic E-state index is 13.4. The van der Waals surface area contributed by atoms with E-state index in [0.29, 0.717) is 31.7 Å². The van der Waals surface area contributed by atoms with E-state index in [1.54, 1.807) is 42.4 Å². The minimum Gasteiger partial charge on any atom is -0.495 e. The van der Waals surface area contributed by atoms with Gasteiger partial charge in [-0.1, -0.05) is 60.7 Å². The lowest BCUT2D eigenvalue weighted by atomic mass is 10.1. The highest BCUT2D eigenvalue weighted by Crippen LogP contribution is 2.28. The molecular formula is C27H27N3O3. The van der Waals surface area contributed by atoms with Gasteiger partial charge in [0.25, 0.3) is 11.8 Å². The molecule has 1 saturated heterocycles. The van der Waals surface area contributed by atoms with Gasteiger partial charge in [0.05, 0.1) is 12.8 Å². The molecule has 0 unspecified atom stereocenters. The van der Waals surface area contributed by atoms with Crippen LogP contribution in [0.5, 0.6) is 5.75 Å². The van der Waals surface area contributed by atoms with Crippen LogP contribution in [0.1, 0.15) is 15.9 Å². The standard InChI is InChI=1S/C27H27N3O3/c1-33-25-15-9-8-14-24(25)29-16-18-30(19-17-29)27(32)23(20-21-10-4-2-5-11-21)28-26(31)22-12-6-3-7-13-22/h2-15,20H,16-19H2,1H3,(H,28,31). The molecule has 1 N–H and O–H groups in total. The van der Waals surface area contributed by atoms with E-state index in [-0.39, 0.29) is 17.5 Å². The van der Waals surface area contributed by atoms with Crippen molar-refractivity contribution in [3.63, 3.8) is 0 Å². The number of methoxy groups -OCH3 is 1. The van der Waals surface area contributed by atoms with Gasteiger partial charge in [0.2, 0.25) is 0 Å². The van der Waals surface area contributed by atoms with E-state index in [9.17, 15) is 9.59 Å². The van der Waals surface area contributed by atoms with Crippen molar-refractivity contribution in [1.82, 2.24) is 10.2 Å². The highest BCUT2D eigenvalue weighted by molar-refractivity contribution is 6.05. The number of rotatable bonds is 6. The highest BCUT2D eigenvalue weighted by atomic mass is 16.5. The van der Waals surface area contributed by atoms with Gasteiger partial charge in [-0.2, -0.15) is 0 Å². The monoisotopic (exact) mass is 441 g/mol. The molecule has 0 saturated carbocycles. The van der Waals surface area contributed by atoms with Gasteiger partial charge in [0.15, 0.2) is 0 Å². The van der Waals surface area contributed by atoms with Crippen LogP contribution in [0, 0.1) is 0 Å². The number of para-hydroxylation sites is 2. The number of benzene rings is 3. The molecule has 6 heteroatoms. The van der Waals surface area contributed by atoms with E-state index in [1.165, 1.54) is 0 Å². The number of nitrogens with one attached hydrogen (secondary N) is 1. The molecule has 1 aliphatic rings. The van der Waals surface area contributed by atoms with Crippen LogP contribution in [-0.2, 0) is 4.79 Å². The Kier molecular flexibility index (Phi) is 7.05. The van der Waals surface area contributed by atoms with Crippen LogP contribution in [0.15, 0.2) is 90.6 Å². The molecule has 1 fully saturated rings. The third kappa shape index (κ3) is 5.41. The maximum Gasteiger partial charge on any atom is 0.270 e. The smallest absolute Gasteiger partial charge is 0.270 e. The number of anilines is 1. The quantitative estimate of drug-likeness (QED) is 0.591. The van der Waals surface area contributed by atoms with Crippen molar-refractivity contribution in [2.75, 3.05) is 38.2 Å². The maximum atomic E-state index is 13.4. The number of carbonyl (C=O) groups excluding carboxylic acids is 2. The van der Waals surface area contributed by atoms with Gasteiger partial charge in [-0.25, -0.2) is 0 Å². The van der Waals surface area contributed by atoms with Crippen molar-refractivity contribution in [2.45, 2.75) is 0 Å². The molecule has 3 aromatic rings. The Bertz CT molecular complexity index is 1120. The Labute approximate surface area is 194 Å². The summed E-state index contributed by atoms with van der Waals surface area (Å²) in [5.41, 5.74) is 2.64. The van der Waals surface area contributed by atoms with Crippen LogP contribution >= 0.6 is 0 Å². The summed E-state index contributed by atoms with van der Waals surface area (Å²) in [5.74, 6) is 0.318. The number of nitrogens with zero attached hydrogens (tertiary/aromatic N) is 2. The fourth-order valence-corrected chi connectivity index (χ4v) is 3.86. The zero-order chi connectivity index (χ0) is 23.0. The lowest BCUT2D eigenvalue weighted by Gasteiger charge is -2.37. The van der Waals surface area contributed by atoms with Crippen molar-refractivity contribution in [3.8, 4) is 5.75 Å². The summed E-state index contributed by atoms with van der Waals surface area (Å²) in [6.45, 7) is 2.45. The van der Waals surface area contributed by atoms with E-state index in [1.807, 2.05) is 60.7 Å². The van der Waals surface area contributed by atoms with Crippen LogP contribution in [0.4, 0.5) is 5.69 Å². The Hall–Kier alpha value is -4.06. The topological polar surface area (TPSA) is 61.9 Å².